The number of nitrogens with zero attached hydrogens (tertiary/aromatic N) is 2. The molecule has 3 nitrogen and oxygen atoms in total. The summed E-state index contributed by atoms with van der Waals surface area (Å²) in [6.45, 7) is 7.41. The van der Waals surface area contributed by atoms with Crippen molar-refractivity contribution in [1.29, 1.82) is 0 Å². The Morgan fingerprint density at radius 2 is 2.22 bits per heavy atom. The average molecular weight is 263 g/mol. The van der Waals surface area contributed by atoms with Crippen LogP contribution in [0.15, 0.2) is 18.5 Å². The van der Waals surface area contributed by atoms with E-state index in [0.717, 1.165) is 13.0 Å². The predicted octanol–water partition coefficient (Wildman–Crippen LogP) is 3.08. The lowest BCUT2D eigenvalue weighted by Gasteiger charge is -2.13. The molecule has 98 valence electrons. The van der Waals surface area contributed by atoms with Crippen molar-refractivity contribution in [3.8, 4) is 0 Å². The van der Waals surface area contributed by atoms with Crippen LogP contribution in [0.1, 0.15) is 33.8 Å². The van der Waals surface area contributed by atoms with E-state index in [9.17, 15) is 0 Å². The Morgan fingerprint density at radius 1 is 1.44 bits per heavy atom. The van der Waals surface area contributed by atoms with Gasteiger partial charge < -0.3 is 5.32 Å². The molecule has 0 aliphatic rings. The van der Waals surface area contributed by atoms with E-state index in [1.165, 1.54) is 20.9 Å². The van der Waals surface area contributed by atoms with Crippen molar-refractivity contribution in [1.82, 2.24) is 15.1 Å². The first kappa shape index (κ1) is 13.3. The molecule has 0 amide bonds. The highest BCUT2D eigenvalue weighted by Gasteiger charge is 2.14. The van der Waals surface area contributed by atoms with Gasteiger partial charge in [0.1, 0.15) is 0 Å². The summed E-state index contributed by atoms with van der Waals surface area (Å²) in [6.07, 6.45) is 5.11. The molecule has 1 unspecified atom stereocenters. The first-order valence-electron chi connectivity index (χ1n) is 6.39. The normalized spacial score (nSPS) is 12.9. The molecule has 1 N–H and O–H groups in total. The maximum absolute atomic E-state index is 4.33. The average Bonchev–Trinajstić information content (AvgIpc) is 2.94. The zero-order valence-corrected chi connectivity index (χ0v) is 12.3. The minimum Gasteiger partial charge on any atom is -0.312 e. The third kappa shape index (κ3) is 2.82. The largest absolute Gasteiger partial charge is 0.312 e. The van der Waals surface area contributed by atoms with Gasteiger partial charge in [-0.15, -0.1) is 11.3 Å². The summed E-state index contributed by atoms with van der Waals surface area (Å²) in [5, 5.41) is 7.74. The van der Waals surface area contributed by atoms with Crippen LogP contribution >= 0.6 is 11.3 Å². The van der Waals surface area contributed by atoms with Gasteiger partial charge in [-0.1, -0.05) is 0 Å². The van der Waals surface area contributed by atoms with Gasteiger partial charge >= 0.3 is 0 Å². The van der Waals surface area contributed by atoms with Crippen LogP contribution < -0.4 is 5.32 Å². The molecule has 0 aliphatic heterocycles. The Kier molecular flexibility index (Phi) is 4.19. The van der Waals surface area contributed by atoms with Gasteiger partial charge in [0.05, 0.1) is 6.20 Å². The SMILES string of the molecule is CCn1cc(CC(NC)c2cc(C)c(C)s2)cn1. The van der Waals surface area contributed by atoms with Crippen LogP contribution in [0, 0.1) is 13.8 Å². The molecule has 2 aromatic rings. The summed E-state index contributed by atoms with van der Waals surface area (Å²) < 4.78 is 1.98. The molecule has 0 radical (unpaired) electrons. The number of aryl methyl sites for hydroxylation is 3. The van der Waals surface area contributed by atoms with Gasteiger partial charge in [-0.3, -0.25) is 4.68 Å². The Hall–Kier alpha value is -1.13. The van der Waals surface area contributed by atoms with Gasteiger partial charge in [-0.05, 0) is 51.4 Å². The van der Waals surface area contributed by atoms with E-state index < -0.39 is 0 Å². The van der Waals surface area contributed by atoms with E-state index in [-0.39, 0.29) is 0 Å². The summed E-state index contributed by atoms with van der Waals surface area (Å²) in [5.41, 5.74) is 2.68. The van der Waals surface area contributed by atoms with Crippen LogP contribution in [0.2, 0.25) is 0 Å². The standard InChI is InChI=1S/C14H21N3S/c1-5-17-9-12(8-16-17)7-13(15-4)14-6-10(2)11(3)18-14/h6,8-9,13,15H,5,7H2,1-4H3. The van der Waals surface area contributed by atoms with Crippen molar-refractivity contribution in [3.05, 3.63) is 39.3 Å². The number of likely N-dealkylation sites (N-methyl/N-ethyl adjacent to an activating group) is 1. The molecule has 0 bridgehead atoms. The molecule has 0 saturated carbocycles. The Balaban J connectivity index is 2.14. The van der Waals surface area contributed by atoms with E-state index in [4.69, 9.17) is 0 Å². The van der Waals surface area contributed by atoms with Crippen molar-refractivity contribution in [2.75, 3.05) is 7.05 Å². The van der Waals surface area contributed by atoms with Crippen molar-refractivity contribution >= 4 is 11.3 Å². The molecule has 0 saturated heterocycles. The summed E-state index contributed by atoms with van der Waals surface area (Å²) in [6, 6.07) is 2.68. The summed E-state index contributed by atoms with van der Waals surface area (Å²) in [7, 11) is 2.03. The summed E-state index contributed by atoms with van der Waals surface area (Å²) >= 11 is 1.89. The summed E-state index contributed by atoms with van der Waals surface area (Å²) in [4.78, 5) is 2.83. The fourth-order valence-electron chi connectivity index (χ4n) is 2.04. The molecule has 1 atom stereocenters. The van der Waals surface area contributed by atoms with E-state index >= 15 is 0 Å². The Labute approximate surface area is 113 Å². The lowest BCUT2D eigenvalue weighted by molar-refractivity contribution is 0.600. The van der Waals surface area contributed by atoms with Gasteiger partial charge in [-0.2, -0.15) is 5.10 Å². The number of hydrogen-bond donors (Lipinski definition) is 1. The van der Waals surface area contributed by atoms with E-state index in [2.05, 4.69) is 43.4 Å². The fourth-order valence-corrected chi connectivity index (χ4v) is 3.19. The number of hydrogen-bond acceptors (Lipinski definition) is 3. The van der Waals surface area contributed by atoms with Crippen LogP contribution in [0.3, 0.4) is 0 Å². The molecule has 18 heavy (non-hydrogen) atoms. The van der Waals surface area contributed by atoms with Crippen LogP contribution in [0.4, 0.5) is 0 Å². The molecule has 2 rings (SSSR count). The van der Waals surface area contributed by atoms with Gasteiger partial charge in [-0.25, -0.2) is 0 Å². The van der Waals surface area contributed by atoms with Crippen molar-refractivity contribution in [2.45, 2.75) is 39.8 Å². The quantitative estimate of drug-likeness (QED) is 0.898. The monoisotopic (exact) mass is 263 g/mol. The highest BCUT2D eigenvalue weighted by Crippen LogP contribution is 2.28. The smallest absolute Gasteiger partial charge is 0.0522 e. The highest BCUT2D eigenvalue weighted by molar-refractivity contribution is 7.12. The molecule has 0 aromatic carbocycles. The fraction of sp³-hybridized carbons (Fsp3) is 0.500. The molecule has 2 aromatic heterocycles. The third-order valence-corrected chi connectivity index (χ3v) is 4.59. The van der Waals surface area contributed by atoms with Crippen LogP contribution in [-0.2, 0) is 13.0 Å². The molecule has 0 fully saturated rings. The topological polar surface area (TPSA) is 29.9 Å². The van der Waals surface area contributed by atoms with Crippen LogP contribution in [0.25, 0.3) is 0 Å². The van der Waals surface area contributed by atoms with E-state index in [1.807, 2.05) is 29.3 Å². The Morgan fingerprint density at radius 3 is 2.72 bits per heavy atom. The van der Waals surface area contributed by atoms with Gasteiger partial charge in [0.25, 0.3) is 0 Å². The Bertz CT molecular complexity index is 493. The minimum atomic E-state index is 0.386. The van der Waals surface area contributed by atoms with Crippen molar-refractivity contribution in [3.63, 3.8) is 0 Å². The van der Waals surface area contributed by atoms with Crippen molar-refractivity contribution < 1.29 is 0 Å². The lowest BCUT2D eigenvalue weighted by atomic mass is 10.1. The molecule has 2 heterocycles. The highest BCUT2D eigenvalue weighted by atomic mass is 32.1. The molecule has 4 heteroatoms. The van der Waals surface area contributed by atoms with Gasteiger partial charge in [0.2, 0.25) is 0 Å². The molecular weight excluding hydrogens is 242 g/mol. The predicted molar refractivity (Wildman–Crippen MR) is 77.2 cm³/mol. The maximum Gasteiger partial charge on any atom is 0.0522 e. The van der Waals surface area contributed by atoms with Crippen LogP contribution in [-0.4, -0.2) is 16.8 Å². The zero-order valence-electron chi connectivity index (χ0n) is 11.5. The van der Waals surface area contributed by atoms with E-state index in [1.54, 1.807) is 0 Å². The van der Waals surface area contributed by atoms with Gasteiger partial charge in [0.15, 0.2) is 0 Å². The third-order valence-electron chi connectivity index (χ3n) is 3.33. The van der Waals surface area contributed by atoms with E-state index in [0.29, 0.717) is 6.04 Å². The van der Waals surface area contributed by atoms with Crippen molar-refractivity contribution in [2.24, 2.45) is 0 Å². The minimum absolute atomic E-state index is 0.386. The lowest BCUT2D eigenvalue weighted by Crippen LogP contribution is -2.17. The van der Waals surface area contributed by atoms with Crippen LogP contribution in [0.5, 0.6) is 0 Å². The molecular formula is C14H21N3S. The second-order valence-corrected chi connectivity index (χ2v) is 5.93. The number of thiophene rings is 1. The van der Waals surface area contributed by atoms with Gasteiger partial charge in [0, 0.05) is 28.5 Å². The number of nitrogens with one attached hydrogen (secondary N) is 1. The summed E-state index contributed by atoms with van der Waals surface area (Å²) in [5.74, 6) is 0. The maximum atomic E-state index is 4.33. The first-order chi connectivity index (χ1) is 8.63. The second kappa shape index (κ2) is 5.67. The molecule has 0 aliphatic carbocycles. The number of aromatic nitrogens is 2. The molecule has 0 spiro atoms. The zero-order chi connectivity index (χ0) is 13.1. The first-order valence-corrected chi connectivity index (χ1v) is 7.21. The second-order valence-electron chi connectivity index (χ2n) is 4.64. The number of rotatable bonds is 5.